The summed E-state index contributed by atoms with van der Waals surface area (Å²) in [6, 6.07) is 35.4. The summed E-state index contributed by atoms with van der Waals surface area (Å²) in [6.45, 7) is 6.60. The summed E-state index contributed by atoms with van der Waals surface area (Å²) in [7, 11) is -2.89. The molecule has 2 aliphatic rings. The molecule has 0 saturated heterocycles. The van der Waals surface area contributed by atoms with E-state index in [2.05, 4.69) is 68.9 Å². The summed E-state index contributed by atoms with van der Waals surface area (Å²) in [5.74, 6) is -1.27. The third-order valence-electron chi connectivity index (χ3n) is 9.69. The van der Waals surface area contributed by atoms with Gasteiger partial charge in [-0.2, -0.15) is 0 Å². The van der Waals surface area contributed by atoms with E-state index in [9.17, 15) is 19.0 Å². The molecule has 2 nitrogen and oxygen atoms in total. The van der Waals surface area contributed by atoms with Gasteiger partial charge in [-0.3, -0.25) is 0 Å². The van der Waals surface area contributed by atoms with Gasteiger partial charge in [-0.25, -0.2) is 8.78 Å². The van der Waals surface area contributed by atoms with Gasteiger partial charge in [0.2, 0.25) is 0 Å². The molecule has 45 heavy (non-hydrogen) atoms. The Hall–Kier alpha value is -3.86. The number of hydrogen-bond donors (Lipinski definition) is 2. The topological polar surface area (TPSA) is 40.5 Å². The molecule has 0 heterocycles. The van der Waals surface area contributed by atoms with Crippen molar-refractivity contribution < 1.29 is 45.2 Å². The first-order chi connectivity index (χ1) is 21.2. The van der Waals surface area contributed by atoms with Crippen LogP contribution >= 0.6 is 0 Å². The first-order valence-electron chi connectivity index (χ1n) is 14.8. The molecule has 2 N–H and O–H groups in total. The standard InChI is InChI=1S/C39H32F2O2Si.Zr/c1-23-36(32-21-25(40)17-19-34(32)42)28-13-7-9-15-30(28)38(23)44(3,27-11-5-4-6-12-27)39-24(2)37(29-14-8-10-16-31(29)39)33-22-26(41)18-20-35(33)43;/h4-22,36-37,42-43H,1-3H3;. The third-order valence-corrected chi connectivity index (χ3v) is 14.5. The summed E-state index contributed by atoms with van der Waals surface area (Å²) in [5, 5.41) is 25.6. The fourth-order valence-electron chi connectivity index (χ4n) is 7.96. The Morgan fingerprint density at radius 2 is 0.933 bits per heavy atom. The molecule has 0 aromatic heterocycles. The van der Waals surface area contributed by atoms with Crippen molar-refractivity contribution in [1.82, 2.24) is 0 Å². The molecule has 6 heteroatoms. The summed E-state index contributed by atoms with van der Waals surface area (Å²) in [4.78, 5) is 0. The van der Waals surface area contributed by atoms with Crippen LogP contribution in [0, 0.1) is 11.6 Å². The molecule has 0 bridgehead atoms. The summed E-state index contributed by atoms with van der Waals surface area (Å²) < 4.78 is 29.3. The van der Waals surface area contributed by atoms with E-state index in [4.69, 9.17) is 0 Å². The van der Waals surface area contributed by atoms with E-state index in [1.54, 1.807) is 0 Å². The molecular formula is C39H32F2O2SiZr. The van der Waals surface area contributed by atoms with E-state index in [1.807, 2.05) is 30.3 Å². The van der Waals surface area contributed by atoms with Crippen LogP contribution in [0.25, 0.3) is 10.4 Å². The Morgan fingerprint density at radius 3 is 1.38 bits per heavy atom. The van der Waals surface area contributed by atoms with Crippen LogP contribution in [0.2, 0.25) is 6.55 Å². The van der Waals surface area contributed by atoms with E-state index in [0.717, 1.165) is 33.4 Å². The van der Waals surface area contributed by atoms with Gasteiger partial charge in [-0.05, 0) is 88.1 Å². The van der Waals surface area contributed by atoms with E-state index in [0.29, 0.717) is 11.1 Å². The molecule has 0 fully saturated rings. The van der Waals surface area contributed by atoms with Crippen molar-refractivity contribution in [3.63, 3.8) is 0 Å². The Bertz CT molecular complexity index is 1890. The average Bonchev–Trinajstić information content (AvgIpc) is 3.50. The number of rotatable bonds is 5. The monoisotopic (exact) mass is 688 g/mol. The minimum atomic E-state index is -2.89. The minimum Gasteiger partial charge on any atom is -0.508 e. The van der Waals surface area contributed by atoms with Crippen LogP contribution in [0.4, 0.5) is 8.78 Å². The molecule has 0 spiro atoms. The van der Waals surface area contributed by atoms with E-state index >= 15 is 0 Å². The van der Waals surface area contributed by atoms with Crippen LogP contribution in [0.3, 0.4) is 0 Å². The predicted molar refractivity (Wildman–Crippen MR) is 176 cm³/mol. The van der Waals surface area contributed by atoms with Gasteiger partial charge in [0, 0.05) is 49.2 Å². The number of phenols is 2. The third kappa shape index (κ3) is 4.81. The second-order valence-electron chi connectivity index (χ2n) is 12.1. The maximum absolute atomic E-state index is 14.7. The molecule has 2 atom stereocenters. The number of aromatic hydroxyl groups is 2. The number of halogens is 2. The van der Waals surface area contributed by atoms with Gasteiger partial charge in [0.05, 0.1) is 0 Å². The van der Waals surface area contributed by atoms with Crippen molar-refractivity contribution in [3.8, 4) is 11.5 Å². The molecule has 222 valence electrons. The molecule has 0 radical (unpaired) electrons. The van der Waals surface area contributed by atoms with Crippen molar-refractivity contribution in [2.75, 3.05) is 0 Å². The largest absolute Gasteiger partial charge is 0.508 e. The summed E-state index contributed by atoms with van der Waals surface area (Å²) >= 11 is 0. The molecule has 2 aliphatic carbocycles. The van der Waals surface area contributed by atoms with Crippen LogP contribution < -0.4 is 5.19 Å². The predicted octanol–water partition coefficient (Wildman–Crippen LogP) is 8.98. The quantitative estimate of drug-likeness (QED) is 0.181. The first kappa shape index (κ1) is 31.1. The van der Waals surface area contributed by atoms with E-state index < -0.39 is 8.07 Å². The Morgan fingerprint density at radius 1 is 0.533 bits per heavy atom. The molecule has 7 rings (SSSR count). The molecule has 0 amide bonds. The Balaban J connectivity index is 0.00000357. The first-order valence-corrected chi connectivity index (χ1v) is 17.3. The van der Waals surface area contributed by atoms with Crippen LogP contribution in [-0.2, 0) is 26.2 Å². The van der Waals surface area contributed by atoms with Gasteiger partial charge >= 0.3 is 0 Å². The van der Waals surface area contributed by atoms with Crippen LogP contribution in [0.15, 0.2) is 126 Å². The van der Waals surface area contributed by atoms with Gasteiger partial charge < -0.3 is 10.2 Å². The van der Waals surface area contributed by atoms with Gasteiger partial charge in [-0.15, -0.1) is 0 Å². The maximum Gasteiger partial charge on any atom is 0.146 e. The number of benzene rings is 5. The van der Waals surface area contributed by atoms with Gasteiger partial charge in [0.15, 0.2) is 0 Å². The van der Waals surface area contributed by atoms with Crippen LogP contribution in [-0.4, -0.2) is 18.3 Å². The van der Waals surface area contributed by atoms with Gasteiger partial charge in [-0.1, -0.05) is 96.6 Å². The smallest absolute Gasteiger partial charge is 0.146 e. The average molecular weight is 690 g/mol. The maximum atomic E-state index is 14.7. The normalized spacial score (nSPS) is 18.3. The minimum absolute atomic E-state index is 0. The molecule has 2 unspecified atom stereocenters. The zero-order chi connectivity index (χ0) is 30.7. The number of fused-ring (bicyclic) bond motifs is 2. The molecule has 0 saturated carbocycles. The molecule has 5 aromatic carbocycles. The fourth-order valence-corrected chi connectivity index (χ4v) is 13.0. The van der Waals surface area contributed by atoms with Crippen molar-refractivity contribution in [1.29, 1.82) is 0 Å². The van der Waals surface area contributed by atoms with E-state index in [-0.39, 0.29) is 61.2 Å². The van der Waals surface area contributed by atoms with Crippen molar-refractivity contribution in [3.05, 3.63) is 171 Å². The Labute approximate surface area is 282 Å². The van der Waals surface area contributed by atoms with Crippen LogP contribution in [0.5, 0.6) is 11.5 Å². The SMILES string of the molecule is CC1=C([Si](C)(C2=C(C)C(c3cc(F)ccc3O)c3ccccc32)c2ccccc2)c2ccccc2C1c1cc(F)ccc1O.[Zr]. The van der Waals surface area contributed by atoms with Crippen molar-refractivity contribution in [2.24, 2.45) is 0 Å². The molecule has 0 aliphatic heterocycles. The number of phenolic OH excluding ortho intramolecular Hbond substituents is 2. The van der Waals surface area contributed by atoms with Crippen molar-refractivity contribution in [2.45, 2.75) is 32.2 Å². The van der Waals surface area contributed by atoms with Crippen molar-refractivity contribution >= 4 is 23.7 Å². The fraction of sp³-hybridized carbons (Fsp3) is 0.128. The Kier molecular flexibility index (Phi) is 8.18. The zero-order valence-electron chi connectivity index (χ0n) is 25.3. The summed E-state index contributed by atoms with van der Waals surface area (Å²) in [6.07, 6.45) is 0. The second kappa shape index (κ2) is 11.8. The zero-order valence-corrected chi connectivity index (χ0v) is 28.7. The second-order valence-corrected chi connectivity index (χ2v) is 15.9. The summed E-state index contributed by atoms with van der Waals surface area (Å²) in [5.41, 5.74) is 7.56. The van der Waals surface area contributed by atoms with Crippen LogP contribution in [0.1, 0.15) is 59.1 Å². The van der Waals surface area contributed by atoms with Gasteiger partial charge in [0.25, 0.3) is 0 Å². The number of hydrogen-bond acceptors (Lipinski definition) is 2. The molecule has 5 aromatic rings. The van der Waals surface area contributed by atoms with E-state index in [1.165, 1.54) is 52.0 Å². The number of allylic oxidation sites excluding steroid dienone is 2. The molecular weight excluding hydrogens is 658 g/mol. The van der Waals surface area contributed by atoms with Gasteiger partial charge in [0.1, 0.15) is 31.2 Å².